The Kier molecular flexibility index (Phi) is 6.24. The van der Waals surface area contributed by atoms with Crippen LogP contribution in [0, 0.1) is 11.8 Å². The zero-order valence-corrected chi connectivity index (χ0v) is 14.3. The van der Waals surface area contributed by atoms with Crippen molar-refractivity contribution >= 4 is 5.91 Å². The molecule has 5 nitrogen and oxygen atoms in total. The van der Waals surface area contributed by atoms with E-state index in [2.05, 4.69) is 15.5 Å². The van der Waals surface area contributed by atoms with Crippen molar-refractivity contribution in [1.29, 1.82) is 0 Å². The normalized spacial score (nSPS) is 24.0. The van der Waals surface area contributed by atoms with Crippen LogP contribution in [-0.2, 0) is 4.79 Å². The first-order chi connectivity index (χ1) is 11.7. The summed E-state index contributed by atoms with van der Waals surface area (Å²) in [6.07, 6.45) is 2.72. The highest BCUT2D eigenvalue weighted by Crippen LogP contribution is 2.20. The van der Waals surface area contributed by atoms with Crippen LogP contribution in [-0.4, -0.2) is 55.2 Å². The topological polar surface area (TPSA) is 64.6 Å². The lowest BCUT2D eigenvalue weighted by molar-refractivity contribution is -0.124. The lowest BCUT2D eigenvalue weighted by atomic mass is 9.95. The van der Waals surface area contributed by atoms with E-state index in [9.17, 15) is 9.90 Å². The lowest BCUT2D eigenvalue weighted by Gasteiger charge is -2.33. The van der Waals surface area contributed by atoms with E-state index in [1.807, 2.05) is 30.3 Å². The second kappa shape index (κ2) is 8.60. The van der Waals surface area contributed by atoms with E-state index < -0.39 is 6.10 Å². The fourth-order valence-corrected chi connectivity index (χ4v) is 3.67. The summed E-state index contributed by atoms with van der Waals surface area (Å²) < 4.78 is 0. The van der Waals surface area contributed by atoms with Crippen LogP contribution in [0.25, 0.3) is 0 Å². The summed E-state index contributed by atoms with van der Waals surface area (Å²) in [4.78, 5) is 14.4. The maximum Gasteiger partial charge on any atom is 0.224 e. The number of benzene rings is 1. The molecule has 2 aliphatic heterocycles. The first-order valence-corrected chi connectivity index (χ1v) is 9.16. The second-order valence-corrected chi connectivity index (χ2v) is 7.11. The van der Waals surface area contributed by atoms with E-state index in [4.69, 9.17) is 0 Å². The standard InChI is InChI=1S/C19H29N3O2/c23-18(16-4-2-1-3-5-16)14-22-10-7-15(8-11-22)12-21-19(24)17-6-9-20-13-17/h1-5,15,17-18,20,23H,6-14H2,(H,21,24). The van der Waals surface area contributed by atoms with Crippen molar-refractivity contribution in [3.63, 3.8) is 0 Å². The van der Waals surface area contributed by atoms with Crippen molar-refractivity contribution in [2.45, 2.75) is 25.4 Å². The fourth-order valence-electron chi connectivity index (χ4n) is 3.67. The third-order valence-corrected chi connectivity index (χ3v) is 5.32. The molecule has 1 aromatic carbocycles. The van der Waals surface area contributed by atoms with Gasteiger partial charge < -0.3 is 20.6 Å². The van der Waals surface area contributed by atoms with Crippen molar-refractivity contribution in [1.82, 2.24) is 15.5 Å². The minimum absolute atomic E-state index is 0.158. The Hall–Kier alpha value is -1.43. The lowest BCUT2D eigenvalue weighted by Crippen LogP contribution is -2.41. The predicted octanol–water partition coefficient (Wildman–Crippen LogP) is 1.16. The molecule has 0 aromatic heterocycles. The van der Waals surface area contributed by atoms with Crippen molar-refractivity contribution < 1.29 is 9.90 Å². The zero-order valence-electron chi connectivity index (χ0n) is 14.3. The molecule has 2 unspecified atom stereocenters. The number of hydrogen-bond acceptors (Lipinski definition) is 4. The summed E-state index contributed by atoms with van der Waals surface area (Å²) in [6.45, 7) is 5.26. The van der Waals surface area contributed by atoms with Gasteiger partial charge in [-0.05, 0) is 50.4 Å². The van der Waals surface area contributed by atoms with Crippen molar-refractivity contribution in [2.24, 2.45) is 11.8 Å². The van der Waals surface area contributed by atoms with Gasteiger partial charge in [0.2, 0.25) is 5.91 Å². The van der Waals surface area contributed by atoms with E-state index in [0.29, 0.717) is 12.5 Å². The molecule has 0 saturated carbocycles. The molecule has 0 bridgehead atoms. The van der Waals surface area contributed by atoms with Crippen LogP contribution in [0.3, 0.4) is 0 Å². The first kappa shape index (κ1) is 17.4. The van der Waals surface area contributed by atoms with E-state index in [1.165, 1.54) is 0 Å². The summed E-state index contributed by atoms with van der Waals surface area (Å²) >= 11 is 0. The number of aliphatic hydroxyl groups is 1. The largest absolute Gasteiger partial charge is 0.387 e. The molecular formula is C19H29N3O2. The van der Waals surface area contributed by atoms with Gasteiger partial charge in [-0.1, -0.05) is 30.3 Å². The number of rotatable bonds is 6. The molecule has 3 rings (SSSR count). The number of carbonyl (C=O) groups excluding carboxylic acids is 1. The van der Waals surface area contributed by atoms with Crippen LogP contribution in [0.1, 0.15) is 30.9 Å². The summed E-state index contributed by atoms with van der Waals surface area (Å²) in [5, 5.41) is 16.7. The molecule has 5 heteroatoms. The third-order valence-electron chi connectivity index (χ3n) is 5.32. The molecule has 0 aliphatic carbocycles. The fraction of sp³-hybridized carbons (Fsp3) is 0.632. The minimum Gasteiger partial charge on any atom is -0.387 e. The van der Waals surface area contributed by atoms with Crippen LogP contribution in [0.15, 0.2) is 30.3 Å². The molecule has 2 fully saturated rings. The van der Waals surface area contributed by atoms with Crippen LogP contribution in [0.4, 0.5) is 0 Å². The number of amides is 1. The predicted molar refractivity (Wildman–Crippen MR) is 94.6 cm³/mol. The highest BCUT2D eigenvalue weighted by molar-refractivity contribution is 5.79. The minimum atomic E-state index is -0.419. The quantitative estimate of drug-likeness (QED) is 0.732. The van der Waals surface area contributed by atoms with Gasteiger partial charge in [0.1, 0.15) is 0 Å². The van der Waals surface area contributed by atoms with Gasteiger partial charge >= 0.3 is 0 Å². The highest BCUT2D eigenvalue weighted by Gasteiger charge is 2.25. The number of β-amino-alcohol motifs (C(OH)–C–C–N with tert-alkyl or cyclic N) is 1. The van der Waals surface area contributed by atoms with Gasteiger partial charge in [0.05, 0.1) is 12.0 Å². The Labute approximate surface area is 144 Å². The Morgan fingerprint density at radius 3 is 2.67 bits per heavy atom. The van der Waals surface area contributed by atoms with Crippen molar-refractivity contribution in [3.8, 4) is 0 Å². The molecule has 2 heterocycles. The summed E-state index contributed by atoms with van der Waals surface area (Å²) in [5.74, 6) is 0.932. The van der Waals surface area contributed by atoms with Gasteiger partial charge in [-0.25, -0.2) is 0 Å². The van der Waals surface area contributed by atoms with Crippen LogP contribution < -0.4 is 10.6 Å². The van der Waals surface area contributed by atoms with E-state index in [1.54, 1.807) is 0 Å². The number of aliphatic hydroxyl groups excluding tert-OH is 1. The first-order valence-electron chi connectivity index (χ1n) is 9.16. The SMILES string of the molecule is O=C(NCC1CCN(CC(O)c2ccccc2)CC1)C1CCNC1. The van der Waals surface area contributed by atoms with Gasteiger partial charge in [-0.2, -0.15) is 0 Å². The maximum absolute atomic E-state index is 12.1. The summed E-state index contributed by atoms with van der Waals surface area (Å²) in [6, 6.07) is 9.86. The number of carbonyl (C=O) groups is 1. The molecule has 0 radical (unpaired) electrons. The number of nitrogens with zero attached hydrogens (tertiary/aromatic N) is 1. The molecule has 2 aliphatic rings. The third kappa shape index (κ3) is 4.79. The highest BCUT2D eigenvalue weighted by atomic mass is 16.3. The van der Waals surface area contributed by atoms with Crippen LogP contribution >= 0.6 is 0 Å². The monoisotopic (exact) mass is 331 g/mol. The smallest absolute Gasteiger partial charge is 0.224 e. The second-order valence-electron chi connectivity index (χ2n) is 7.11. The molecule has 2 saturated heterocycles. The molecular weight excluding hydrogens is 302 g/mol. The Morgan fingerprint density at radius 1 is 1.25 bits per heavy atom. The molecule has 0 spiro atoms. The molecule has 2 atom stereocenters. The summed E-state index contributed by atoms with van der Waals surface area (Å²) in [7, 11) is 0. The van der Waals surface area contributed by atoms with Crippen molar-refractivity contribution in [3.05, 3.63) is 35.9 Å². The van der Waals surface area contributed by atoms with Gasteiger partial charge in [0, 0.05) is 19.6 Å². The number of hydrogen-bond donors (Lipinski definition) is 3. The van der Waals surface area contributed by atoms with Gasteiger partial charge in [-0.15, -0.1) is 0 Å². The average molecular weight is 331 g/mol. The maximum atomic E-state index is 12.1. The molecule has 132 valence electrons. The molecule has 24 heavy (non-hydrogen) atoms. The Bertz CT molecular complexity index is 509. The van der Waals surface area contributed by atoms with Gasteiger partial charge in [-0.3, -0.25) is 4.79 Å². The zero-order chi connectivity index (χ0) is 16.8. The van der Waals surface area contributed by atoms with Gasteiger partial charge in [0.15, 0.2) is 0 Å². The molecule has 1 aromatic rings. The molecule has 3 N–H and O–H groups in total. The van der Waals surface area contributed by atoms with Crippen molar-refractivity contribution in [2.75, 3.05) is 39.3 Å². The van der Waals surface area contributed by atoms with E-state index in [-0.39, 0.29) is 11.8 Å². The Balaban J connectivity index is 1.35. The van der Waals surface area contributed by atoms with E-state index in [0.717, 1.165) is 57.5 Å². The van der Waals surface area contributed by atoms with Crippen LogP contribution in [0.2, 0.25) is 0 Å². The van der Waals surface area contributed by atoms with Gasteiger partial charge in [0.25, 0.3) is 0 Å². The van der Waals surface area contributed by atoms with E-state index >= 15 is 0 Å². The number of nitrogens with one attached hydrogen (secondary N) is 2. The number of likely N-dealkylation sites (tertiary alicyclic amines) is 1. The molecule has 1 amide bonds. The van der Waals surface area contributed by atoms with Crippen LogP contribution in [0.5, 0.6) is 0 Å². The Morgan fingerprint density at radius 2 is 2.00 bits per heavy atom. The summed E-state index contributed by atoms with van der Waals surface area (Å²) in [5.41, 5.74) is 0.983. The number of piperidine rings is 1. The average Bonchev–Trinajstić information content (AvgIpc) is 3.16.